The van der Waals surface area contributed by atoms with Crippen LogP contribution < -0.4 is 5.32 Å². The van der Waals surface area contributed by atoms with E-state index in [1.54, 1.807) is 0 Å². The van der Waals surface area contributed by atoms with Crippen LogP contribution >= 0.6 is 12.4 Å². The summed E-state index contributed by atoms with van der Waals surface area (Å²) < 4.78 is 0. The molecule has 0 spiro atoms. The zero-order chi connectivity index (χ0) is 12.9. The zero-order valence-electron chi connectivity index (χ0n) is 11.7. The van der Waals surface area contributed by atoms with E-state index in [0.29, 0.717) is 6.04 Å². The van der Waals surface area contributed by atoms with Crippen LogP contribution in [0.2, 0.25) is 0 Å². The molecule has 2 aromatic rings. The van der Waals surface area contributed by atoms with Crippen LogP contribution in [0, 0.1) is 0 Å². The van der Waals surface area contributed by atoms with Crippen molar-refractivity contribution in [3.63, 3.8) is 0 Å². The fourth-order valence-electron chi connectivity index (χ4n) is 2.97. The topological polar surface area (TPSA) is 12.0 Å². The lowest BCUT2D eigenvalue weighted by molar-refractivity contribution is 0.489. The number of halogens is 1. The molecule has 0 saturated heterocycles. The van der Waals surface area contributed by atoms with Crippen LogP contribution in [0.15, 0.2) is 54.6 Å². The molecule has 1 aliphatic carbocycles. The summed E-state index contributed by atoms with van der Waals surface area (Å²) in [4.78, 5) is 0. The number of hydrogen-bond acceptors (Lipinski definition) is 1. The molecule has 20 heavy (non-hydrogen) atoms. The molecule has 106 valence electrons. The van der Waals surface area contributed by atoms with Gasteiger partial charge in [-0.3, -0.25) is 0 Å². The van der Waals surface area contributed by atoms with E-state index in [-0.39, 0.29) is 12.4 Å². The van der Waals surface area contributed by atoms with Gasteiger partial charge in [-0.25, -0.2) is 0 Å². The van der Waals surface area contributed by atoms with E-state index in [2.05, 4.69) is 59.9 Å². The third-order valence-electron chi connectivity index (χ3n) is 4.01. The van der Waals surface area contributed by atoms with Crippen LogP contribution in [0.5, 0.6) is 0 Å². The van der Waals surface area contributed by atoms with Crippen LogP contribution in [-0.2, 0) is 13.0 Å². The van der Waals surface area contributed by atoms with Crippen molar-refractivity contribution in [1.29, 1.82) is 0 Å². The third-order valence-corrected chi connectivity index (χ3v) is 4.01. The molecule has 1 atom stereocenters. The van der Waals surface area contributed by atoms with Crippen molar-refractivity contribution in [3.8, 4) is 0 Å². The van der Waals surface area contributed by atoms with Gasteiger partial charge in [-0.15, -0.1) is 12.4 Å². The minimum absolute atomic E-state index is 0. The smallest absolute Gasteiger partial charge is 0.0325 e. The SMILES string of the molecule is Cl.c1ccc(CNC2CCCCc3ccccc32)cc1. The first kappa shape index (κ1) is 15.1. The van der Waals surface area contributed by atoms with Crippen LogP contribution in [0.3, 0.4) is 0 Å². The molecule has 0 amide bonds. The Bertz CT molecular complexity index is 524. The van der Waals surface area contributed by atoms with Crippen molar-refractivity contribution in [2.75, 3.05) is 0 Å². The number of benzene rings is 2. The molecule has 0 fully saturated rings. The van der Waals surface area contributed by atoms with Gasteiger partial charge < -0.3 is 5.32 Å². The van der Waals surface area contributed by atoms with Gasteiger partial charge in [-0.1, -0.05) is 61.0 Å². The largest absolute Gasteiger partial charge is 0.306 e. The van der Waals surface area contributed by atoms with Gasteiger partial charge in [0.05, 0.1) is 0 Å². The maximum atomic E-state index is 3.73. The highest BCUT2D eigenvalue weighted by Gasteiger charge is 2.17. The Kier molecular flexibility index (Phi) is 5.63. The van der Waals surface area contributed by atoms with Gasteiger partial charge in [0.25, 0.3) is 0 Å². The van der Waals surface area contributed by atoms with Crippen molar-refractivity contribution in [3.05, 3.63) is 71.3 Å². The highest BCUT2D eigenvalue weighted by Crippen LogP contribution is 2.28. The van der Waals surface area contributed by atoms with E-state index in [9.17, 15) is 0 Å². The van der Waals surface area contributed by atoms with E-state index >= 15 is 0 Å². The van der Waals surface area contributed by atoms with Crippen molar-refractivity contribution in [1.82, 2.24) is 5.32 Å². The second-order valence-electron chi connectivity index (χ2n) is 5.36. The Morgan fingerprint density at radius 3 is 2.50 bits per heavy atom. The Balaban J connectivity index is 0.00000147. The van der Waals surface area contributed by atoms with Crippen molar-refractivity contribution >= 4 is 12.4 Å². The first-order chi connectivity index (χ1) is 9.43. The number of hydrogen-bond donors (Lipinski definition) is 1. The summed E-state index contributed by atoms with van der Waals surface area (Å²) in [6.45, 7) is 0.958. The van der Waals surface area contributed by atoms with Gasteiger partial charge in [0.15, 0.2) is 0 Å². The molecular weight excluding hydrogens is 266 g/mol. The van der Waals surface area contributed by atoms with E-state index in [0.717, 1.165) is 6.54 Å². The Morgan fingerprint density at radius 2 is 1.65 bits per heavy atom. The molecule has 0 aliphatic heterocycles. The van der Waals surface area contributed by atoms with Crippen LogP contribution in [0.4, 0.5) is 0 Å². The zero-order valence-corrected chi connectivity index (χ0v) is 12.5. The normalized spacial score (nSPS) is 17.7. The van der Waals surface area contributed by atoms with Gasteiger partial charge in [-0.05, 0) is 36.0 Å². The van der Waals surface area contributed by atoms with Gasteiger partial charge in [0, 0.05) is 12.6 Å². The lowest BCUT2D eigenvalue weighted by Crippen LogP contribution is -2.21. The first-order valence-electron chi connectivity index (χ1n) is 7.28. The fourth-order valence-corrected chi connectivity index (χ4v) is 2.97. The van der Waals surface area contributed by atoms with Gasteiger partial charge in [0.1, 0.15) is 0 Å². The molecule has 1 aliphatic rings. The lowest BCUT2D eigenvalue weighted by atomic mass is 9.99. The summed E-state index contributed by atoms with van der Waals surface area (Å²) in [6, 6.07) is 20.1. The number of nitrogens with one attached hydrogen (secondary N) is 1. The standard InChI is InChI=1S/C18H21N.ClH/c1-2-8-15(9-3-1)14-19-18-13-7-5-11-16-10-4-6-12-17(16)18;/h1-4,6,8-10,12,18-19H,5,7,11,13-14H2;1H. The summed E-state index contributed by atoms with van der Waals surface area (Å²) >= 11 is 0. The summed E-state index contributed by atoms with van der Waals surface area (Å²) in [5, 5.41) is 3.73. The van der Waals surface area contributed by atoms with Crippen molar-refractivity contribution in [2.24, 2.45) is 0 Å². The van der Waals surface area contributed by atoms with Gasteiger partial charge in [-0.2, -0.15) is 0 Å². The summed E-state index contributed by atoms with van der Waals surface area (Å²) in [5.41, 5.74) is 4.41. The highest BCUT2D eigenvalue weighted by molar-refractivity contribution is 5.85. The molecule has 1 unspecified atom stereocenters. The molecule has 0 heterocycles. The minimum atomic E-state index is 0. The summed E-state index contributed by atoms with van der Waals surface area (Å²) in [6.07, 6.45) is 5.13. The molecule has 0 saturated carbocycles. The quantitative estimate of drug-likeness (QED) is 0.809. The molecule has 2 heteroatoms. The molecule has 1 N–H and O–H groups in total. The lowest BCUT2D eigenvalue weighted by Gasteiger charge is -2.19. The summed E-state index contributed by atoms with van der Waals surface area (Å²) in [7, 11) is 0. The molecular formula is C18H22ClN. The van der Waals surface area contributed by atoms with Crippen LogP contribution in [0.25, 0.3) is 0 Å². The molecule has 0 aromatic heterocycles. The minimum Gasteiger partial charge on any atom is -0.306 e. The van der Waals surface area contributed by atoms with E-state index < -0.39 is 0 Å². The second-order valence-corrected chi connectivity index (χ2v) is 5.36. The Hall–Kier alpha value is -1.31. The molecule has 0 radical (unpaired) electrons. The van der Waals surface area contributed by atoms with E-state index in [4.69, 9.17) is 0 Å². The van der Waals surface area contributed by atoms with Gasteiger partial charge >= 0.3 is 0 Å². The molecule has 2 aromatic carbocycles. The van der Waals surface area contributed by atoms with E-state index in [1.165, 1.54) is 42.4 Å². The van der Waals surface area contributed by atoms with E-state index in [1.807, 2.05) is 0 Å². The predicted octanol–water partition coefficient (Wildman–Crippen LogP) is 4.67. The van der Waals surface area contributed by atoms with Crippen LogP contribution in [-0.4, -0.2) is 0 Å². The Morgan fingerprint density at radius 1 is 0.900 bits per heavy atom. The maximum Gasteiger partial charge on any atom is 0.0325 e. The number of fused-ring (bicyclic) bond motifs is 1. The van der Waals surface area contributed by atoms with Gasteiger partial charge in [0.2, 0.25) is 0 Å². The first-order valence-corrected chi connectivity index (χ1v) is 7.28. The monoisotopic (exact) mass is 287 g/mol. The Labute approximate surface area is 127 Å². The van der Waals surface area contributed by atoms with Crippen molar-refractivity contribution in [2.45, 2.75) is 38.3 Å². The fraction of sp³-hybridized carbons (Fsp3) is 0.333. The predicted molar refractivity (Wildman–Crippen MR) is 87.3 cm³/mol. The molecule has 1 nitrogen and oxygen atoms in total. The van der Waals surface area contributed by atoms with Crippen LogP contribution in [0.1, 0.15) is 42.0 Å². The second kappa shape index (κ2) is 7.47. The average Bonchev–Trinajstić information content (AvgIpc) is 2.68. The number of aryl methyl sites for hydroxylation is 1. The highest BCUT2D eigenvalue weighted by atomic mass is 35.5. The average molecular weight is 288 g/mol. The van der Waals surface area contributed by atoms with Crippen molar-refractivity contribution < 1.29 is 0 Å². The molecule has 3 rings (SSSR count). The molecule has 0 bridgehead atoms. The third kappa shape index (κ3) is 3.62. The number of rotatable bonds is 3. The summed E-state index contributed by atoms with van der Waals surface area (Å²) in [5.74, 6) is 0. The maximum absolute atomic E-state index is 3.73.